The Kier molecular flexibility index (Phi) is 4.85. The van der Waals surface area contributed by atoms with Crippen LogP contribution < -0.4 is 5.73 Å². The van der Waals surface area contributed by atoms with Gasteiger partial charge in [-0.05, 0) is 39.4 Å². The second kappa shape index (κ2) is 5.69. The van der Waals surface area contributed by atoms with Gasteiger partial charge in [0.2, 0.25) is 0 Å². The van der Waals surface area contributed by atoms with Crippen LogP contribution in [0.5, 0.6) is 0 Å². The number of rotatable bonds is 4. The van der Waals surface area contributed by atoms with Crippen LogP contribution in [0.25, 0.3) is 0 Å². The molecule has 2 unspecified atom stereocenters. The molecule has 3 heteroatoms. The van der Waals surface area contributed by atoms with Crippen molar-refractivity contribution in [3.05, 3.63) is 0 Å². The highest BCUT2D eigenvalue weighted by Crippen LogP contribution is 2.21. The minimum Gasteiger partial charge on any atom is -0.329 e. The van der Waals surface area contributed by atoms with Crippen LogP contribution in [0.1, 0.15) is 19.8 Å². The van der Waals surface area contributed by atoms with E-state index in [0.29, 0.717) is 6.04 Å². The summed E-state index contributed by atoms with van der Waals surface area (Å²) in [4.78, 5) is 4.80. The van der Waals surface area contributed by atoms with Gasteiger partial charge >= 0.3 is 0 Å². The van der Waals surface area contributed by atoms with E-state index in [-0.39, 0.29) is 0 Å². The standard InChI is InChI=1S/C11H25N3/c1-10-4-5-14(7-6-13(2)3)11(8-10)9-12/h10-11H,4-9,12H2,1-3H3. The molecule has 0 saturated carbocycles. The van der Waals surface area contributed by atoms with Crippen molar-refractivity contribution in [1.29, 1.82) is 0 Å². The fourth-order valence-corrected chi connectivity index (χ4v) is 2.17. The Hall–Kier alpha value is -0.120. The van der Waals surface area contributed by atoms with Crippen molar-refractivity contribution >= 4 is 0 Å². The highest BCUT2D eigenvalue weighted by molar-refractivity contribution is 4.80. The zero-order valence-electron chi connectivity index (χ0n) is 9.87. The second-order valence-corrected chi connectivity index (χ2v) is 4.86. The third-order valence-corrected chi connectivity index (χ3v) is 3.21. The molecule has 1 rings (SSSR count). The highest BCUT2D eigenvalue weighted by Gasteiger charge is 2.24. The lowest BCUT2D eigenvalue weighted by Crippen LogP contribution is -2.48. The zero-order chi connectivity index (χ0) is 10.6. The number of piperidine rings is 1. The van der Waals surface area contributed by atoms with Crippen LogP contribution in [-0.2, 0) is 0 Å². The van der Waals surface area contributed by atoms with Gasteiger partial charge in [0.1, 0.15) is 0 Å². The fourth-order valence-electron chi connectivity index (χ4n) is 2.17. The number of likely N-dealkylation sites (N-methyl/N-ethyl adjacent to an activating group) is 1. The van der Waals surface area contributed by atoms with E-state index < -0.39 is 0 Å². The molecule has 14 heavy (non-hydrogen) atoms. The van der Waals surface area contributed by atoms with E-state index in [1.807, 2.05) is 0 Å². The summed E-state index contributed by atoms with van der Waals surface area (Å²) >= 11 is 0. The van der Waals surface area contributed by atoms with Crippen LogP contribution in [0.2, 0.25) is 0 Å². The Labute approximate surface area is 88.2 Å². The molecule has 1 aliphatic heterocycles. The summed E-state index contributed by atoms with van der Waals surface area (Å²) in [5, 5.41) is 0. The lowest BCUT2D eigenvalue weighted by molar-refractivity contribution is 0.114. The third-order valence-electron chi connectivity index (χ3n) is 3.21. The molecule has 0 aromatic carbocycles. The number of likely N-dealkylation sites (tertiary alicyclic amines) is 1. The Morgan fingerprint density at radius 2 is 2.14 bits per heavy atom. The summed E-state index contributed by atoms with van der Waals surface area (Å²) in [6, 6.07) is 0.624. The second-order valence-electron chi connectivity index (χ2n) is 4.86. The summed E-state index contributed by atoms with van der Waals surface area (Å²) in [6.45, 7) is 6.70. The maximum absolute atomic E-state index is 5.81. The van der Waals surface area contributed by atoms with Crippen LogP contribution in [0.4, 0.5) is 0 Å². The van der Waals surface area contributed by atoms with Gasteiger partial charge in [-0.2, -0.15) is 0 Å². The van der Waals surface area contributed by atoms with Gasteiger partial charge in [-0.25, -0.2) is 0 Å². The normalized spacial score (nSPS) is 29.8. The van der Waals surface area contributed by atoms with E-state index in [2.05, 4.69) is 30.8 Å². The average Bonchev–Trinajstić information content (AvgIpc) is 2.15. The molecular formula is C11H25N3. The van der Waals surface area contributed by atoms with Crippen molar-refractivity contribution in [2.75, 3.05) is 40.3 Å². The van der Waals surface area contributed by atoms with Crippen LogP contribution in [0, 0.1) is 5.92 Å². The molecule has 1 heterocycles. The average molecular weight is 199 g/mol. The van der Waals surface area contributed by atoms with Gasteiger partial charge in [0, 0.05) is 25.7 Å². The van der Waals surface area contributed by atoms with Gasteiger partial charge in [0.15, 0.2) is 0 Å². The first-order chi connectivity index (χ1) is 6.63. The lowest BCUT2D eigenvalue weighted by atomic mass is 9.92. The molecule has 2 atom stereocenters. The van der Waals surface area contributed by atoms with Gasteiger partial charge in [0.05, 0.1) is 0 Å². The van der Waals surface area contributed by atoms with E-state index in [4.69, 9.17) is 5.73 Å². The minimum atomic E-state index is 0.624. The van der Waals surface area contributed by atoms with Gasteiger partial charge in [0.25, 0.3) is 0 Å². The largest absolute Gasteiger partial charge is 0.329 e. The van der Waals surface area contributed by atoms with E-state index in [9.17, 15) is 0 Å². The Morgan fingerprint density at radius 3 is 2.71 bits per heavy atom. The molecule has 0 bridgehead atoms. The van der Waals surface area contributed by atoms with Crippen molar-refractivity contribution in [3.63, 3.8) is 0 Å². The summed E-state index contributed by atoms with van der Waals surface area (Å²) < 4.78 is 0. The highest BCUT2D eigenvalue weighted by atomic mass is 15.2. The Morgan fingerprint density at radius 1 is 1.43 bits per heavy atom. The van der Waals surface area contributed by atoms with Gasteiger partial charge in [-0.3, -0.25) is 4.90 Å². The van der Waals surface area contributed by atoms with Gasteiger partial charge in [-0.15, -0.1) is 0 Å². The molecule has 0 aromatic heterocycles. The SMILES string of the molecule is CC1CCN(CCN(C)C)C(CN)C1. The summed E-state index contributed by atoms with van der Waals surface area (Å²) in [5.41, 5.74) is 5.81. The fraction of sp³-hybridized carbons (Fsp3) is 1.00. The topological polar surface area (TPSA) is 32.5 Å². The third kappa shape index (κ3) is 3.56. The number of nitrogens with two attached hydrogens (primary N) is 1. The number of hydrogen-bond donors (Lipinski definition) is 1. The van der Waals surface area contributed by atoms with Crippen LogP contribution in [0.15, 0.2) is 0 Å². The minimum absolute atomic E-state index is 0.624. The Balaban J connectivity index is 2.34. The van der Waals surface area contributed by atoms with Crippen LogP contribution >= 0.6 is 0 Å². The predicted octanol–water partition coefficient (Wildman–Crippen LogP) is 0.607. The number of nitrogens with zero attached hydrogens (tertiary/aromatic N) is 2. The van der Waals surface area contributed by atoms with E-state index >= 15 is 0 Å². The zero-order valence-corrected chi connectivity index (χ0v) is 9.87. The van der Waals surface area contributed by atoms with Crippen molar-refractivity contribution in [3.8, 4) is 0 Å². The van der Waals surface area contributed by atoms with E-state index in [1.54, 1.807) is 0 Å². The molecule has 1 aliphatic rings. The lowest BCUT2D eigenvalue weighted by Gasteiger charge is -2.38. The molecule has 0 spiro atoms. The molecule has 1 saturated heterocycles. The summed E-state index contributed by atoms with van der Waals surface area (Å²) in [7, 11) is 4.26. The van der Waals surface area contributed by atoms with E-state index in [0.717, 1.165) is 19.0 Å². The monoisotopic (exact) mass is 199 g/mol. The summed E-state index contributed by atoms with van der Waals surface area (Å²) in [6.07, 6.45) is 2.62. The predicted molar refractivity (Wildman–Crippen MR) is 61.4 cm³/mol. The first-order valence-electron chi connectivity index (χ1n) is 5.72. The molecule has 0 aromatic rings. The smallest absolute Gasteiger partial charge is 0.0221 e. The van der Waals surface area contributed by atoms with Gasteiger partial charge in [-0.1, -0.05) is 6.92 Å². The molecule has 3 nitrogen and oxygen atoms in total. The van der Waals surface area contributed by atoms with Crippen molar-refractivity contribution in [1.82, 2.24) is 9.80 Å². The Bertz CT molecular complexity index is 159. The van der Waals surface area contributed by atoms with E-state index in [1.165, 1.54) is 25.9 Å². The molecule has 0 radical (unpaired) electrons. The molecule has 2 N–H and O–H groups in total. The molecule has 1 fully saturated rings. The first kappa shape index (κ1) is 12.0. The maximum Gasteiger partial charge on any atom is 0.0221 e. The van der Waals surface area contributed by atoms with Crippen molar-refractivity contribution in [2.45, 2.75) is 25.8 Å². The maximum atomic E-state index is 5.81. The van der Waals surface area contributed by atoms with Crippen molar-refractivity contribution in [2.24, 2.45) is 11.7 Å². The van der Waals surface area contributed by atoms with Crippen molar-refractivity contribution < 1.29 is 0 Å². The van der Waals surface area contributed by atoms with Crippen LogP contribution in [-0.4, -0.2) is 56.1 Å². The summed E-state index contributed by atoms with van der Waals surface area (Å²) in [5.74, 6) is 0.860. The number of hydrogen-bond acceptors (Lipinski definition) is 3. The molecular weight excluding hydrogens is 174 g/mol. The molecule has 0 amide bonds. The van der Waals surface area contributed by atoms with Crippen LogP contribution in [0.3, 0.4) is 0 Å². The molecule has 84 valence electrons. The van der Waals surface area contributed by atoms with Gasteiger partial charge < -0.3 is 10.6 Å². The molecule has 0 aliphatic carbocycles. The first-order valence-corrected chi connectivity index (χ1v) is 5.72. The quantitative estimate of drug-likeness (QED) is 0.720.